The van der Waals surface area contributed by atoms with Crippen LogP contribution < -0.4 is 9.64 Å². The van der Waals surface area contributed by atoms with Gasteiger partial charge >= 0.3 is 0 Å². The van der Waals surface area contributed by atoms with Crippen LogP contribution in [0.15, 0.2) is 53.9 Å². The number of thioether (sulfide) groups is 1. The molecule has 0 unspecified atom stereocenters. The summed E-state index contributed by atoms with van der Waals surface area (Å²) < 4.78 is 8.14. The molecule has 0 aliphatic heterocycles. The molecule has 6 nitrogen and oxygen atoms in total. The lowest BCUT2D eigenvalue weighted by molar-refractivity contribution is 0.476. The summed E-state index contributed by atoms with van der Waals surface area (Å²) in [4.78, 5) is 6.08. The van der Waals surface area contributed by atoms with Gasteiger partial charge in [0.05, 0.1) is 6.20 Å². The number of nitrogens with zero attached hydrogens (tertiary/aromatic N) is 5. The van der Waals surface area contributed by atoms with Crippen LogP contribution in [-0.4, -0.2) is 33.8 Å². The minimum Gasteiger partial charge on any atom is -0.455 e. The Labute approximate surface area is 158 Å². The first-order valence-electron chi connectivity index (χ1n) is 8.47. The van der Waals surface area contributed by atoms with Gasteiger partial charge in [0, 0.05) is 37.7 Å². The fourth-order valence-electron chi connectivity index (χ4n) is 2.52. The van der Waals surface area contributed by atoms with Gasteiger partial charge in [-0.1, -0.05) is 30.0 Å². The third-order valence-corrected chi connectivity index (χ3v) is 4.75. The third kappa shape index (κ3) is 4.16. The quantitative estimate of drug-likeness (QED) is 0.575. The zero-order valence-electron chi connectivity index (χ0n) is 15.5. The van der Waals surface area contributed by atoms with Crippen molar-refractivity contribution in [1.82, 2.24) is 19.7 Å². The molecule has 0 atom stereocenters. The van der Waals surface area contributed by atoms with Gasteiger partial charge in [-0.25, -0.2) is 0 Å². The van der Waals surface area contributed by atoms with E-state index in [1.54, 1.807) is 24.2 Å². The number of pyridine rings is 1. The van der Waals surface area contributed by atoms with E-state index in [1.165, 1.54) is 0 Å². The lowest BCUT2D eigenvalue weighted by Gasteiger charge is -2.18. The number of para-hydroxylation sites is 1. The molecule has 0 radical (unpaired) electrons. The highest BCUT2D eigenvalue weighted by Gasteiger charge is 2.17. The predicted octanol–water partition coefficient (Wildman–Crippen LogP) is 4.40. The van der Waals surface area contributed by atoms with Crippen LogP contribution in [-0.2, 0) is 5.75 Å². The predicted molar refractivity (Wildman–Crippen MR) is 105 cm³/mol. The van der Waals surface area contributed by atoms with Gasteiger partial charge in [-0.3, -0.25) is 9.55 Å². The number of hydrogen-bond acceptors (Lipinski definition) is 6. The molecule has 0 N–H and O–H groups in total. The monoisotopic (exact) mass is 369 g/mol. The van der Waals surface area contributed by atoms with Crippen LogP contribution in [0, 0.1) is 0 Å². The van der Waals surface area contributed by atoms with Gasteiger partial charge in [-0.2, -0.15) is 0 Å². The zero-order chi connectivity index (χ0) is 18.5. The highest BCUT2D eigenvalue weighted by molar-refractivity contribution is 7.98. The minimum atomic E-state index is 0.284. The molecule has 0 aliphatic rings. The van der Waals surface area contributed by atoms with Crippen molar-refractivity contribution in [2.45, 2.75) is 30.8 Å². The van der Waals surface area contributed by atoms with Gasteiger partial charge in [-0.05, 0) is 32.0 Å². The molecular weight excluding hydrogens is 346 g/mol. The zero-order valence-corrected chi connectivity index (χ0v) is 16.3. The molecule has 0 amide bonds. The standard InChI is InChI=1S/C19H23N5OS/c1-14(2)24-18(23(3)4)21-22-19(24)26-13-15-8-5-6-10-17(15)25-16-9-7-11-20-12-16/h5-12,14H,13H2,1-4H3. The topological polar surface area (TPSA) is 56.1 Å². The van der Waals surface area contributed by atoms with Gasteiger partial charge in [0.25, 0.3) is 0 Å². The second-order valence-electron chi connectivity index (χ2n) is 6.33. The lowest BCUT2D eigenvalue weighted by Crippen LogP contribution is -2.17. The van der Waals surface area contributed by atoms with E-state index >= 15 is 0 Å². The lowest BCUT2D eigenvalue weighted by atomic mass is 10.2. The molecule has 0 bridgehead atoms. The van der Waals surface area contributed by atoms with Gasteiger partial charge in [-0.15, -0.1) is 10.2 Å². The maximum atomic E-state index is 5.99. The summed E-state index contributed by atoms with van der Waals surface area (Å²) in [5.74, 6) is 3.17. The molecule has 7 heteroatoms. The fraction of sp³-hybridized carbons (Fsp3) is 0.316. The summed E-state index contributed by atoms with van der Waals surface area (Å²) in [6.07, 6.45) is 3.44. The Morgan fingerprint density at radius 2 is 1.92 bits per heavy atom. The number of aromatic nitrogens is 4. The Morgan fingerprint density at radius 1 is 1.12 bits per heavy atom. The number of rotatable bonds is 7. The molecule has 0 saturated heterocycles. The Kier molecular flexibility index (Phi) is 5.78. The first-order chi connectivity index (χ1) is 12.6. The van der Waals surface area contributed by atoms with E-state index in [9.17, 15) is 0 Å². The molecule has 0 spiro atoms. The molecule has 1 aromatic carbocycles. The Hall–Kier alpha value is -2.54. The normalized spacial score (nSPS) is 11.0. The molecule has 2 aromatic heterocycles. The maximum absolute atomic E-state index is 5.99. The van der Waals surface area contributed by atoms with E-state index in [4.69, 9.17) is 4.74 Å². The number of ether oxygens (including phenoxy) is 1. The van der Waals surface area contributed by atoms with Crippen LogP contribution in [0.1, 0.15) is 25.5 Å². The Morgan fingerprint density at radius 3 is 2.62 bits per heavy atom. The smallest absolute Gasteiger partial charge is 0.227 e. The summed E-state index contributed by atoms with van der Waals surface area (Å²) in [6, 6.07) is 12.1. The first-order valence-corrected chi connectivity index (χ1v) is 9.45. The Balaban J connectivity index is 1.79. The number of hydrogen-bond donors (Lipinski definition) is 0. The Bertz CT molecular complexity index is 848. The summed E-state index contributed by atoms with van der Waals surface area (Å²) in [6.45, 7) is 4.28. The van der Waals surface area contributed by atoms with E-state index in [0.717, 1.165) is 33.9 Å². The van der Waals surface area contributed by atoms with E-state index in [1.807, 2.05) is 49.3 Å². The maximum Gasteiger partial charge on any atom is 0.227 e. The van der Waals surface area contributed by atoms with Crippen LogP contribution in [0.3, 0.4) is 0 Å². The van der Waals surface area contributed by atoms with Crippen molar-refractivity contribution in [2.24, 2.45) is 0 Å². The van der Waals surface area contributed by atoms with Gasteiger partial charge in [0.15, 0.2) is 5.16 Å². The average Bonchev–Trinajstić information content (AvgIpc) is 3.06. The summed E-state index contributed by atoms with van der Waals surface area (Å²) in [5.41, 5.74) is 1.10. The van der Waals surface area contributed by atoms with Crippen molar-refractivity contribution in [2.75, 3.05) is 19.0 Å². The molecule has 2 heterocycles. The third-order valence-electron chi connectivity index (χ3n) is 3.75. The van der Waals surface area contributed by atoms with Crippen molar-refractivity contribution in [3.05, 3.63) is 54.4 Å². The molecule has 3 aromatic rings. The molecule has 0 fully saturated rings. The van der Waals surface area contributed by atoms with Crippen molar-refractivity contribution >= 4 is 17.7 Å². The summed E-state index contributed by atoms with van der Waals surface area (Å²) in [5, 5.41) is 9.59. The van der Waals surface area contributed by atoms with Crippen molar-refractivity contribution in [3.8, 4) is 11.5 Å². The summed E-state index contributed by atoms with van der Waals surface area (Å²) >= 11 is 1.66. The molecule has 3 rings (SSSR count). The van der Waals surface area contributed by atoms with Crippen LogP contribution in [0.4, 0.5) is 5.95 Å². The molecule has 136 valence electrons. The fourth-order valence-corrected chi connectivity index (χ4v) is 3.58. The molecule has 0 aliphatic carbocycles. The summed E-state index contributed by atoms with van der Waals surface area (Å²) in [7, 11) is 3.96. The van der Waals surface area contributed by atoms with Crippen molar-refractivity contribution in [3.63, 3.8) is 0 Å². The van der Waals surface area contributed by atoms with Gasteiger partial charge in [0.2, 0.25) is 5.95 Å². The number of benzene rings is 1. The average molecular weight is 369 g/mol. The number of anilines is 1. The second kappa shape index (κ2) is 8.23. The van der Waals surface area contributed by atoms with E-state index in [0.29, 0.717) is 0 Å². The van der Waals surface area contributed by atoms with E-state index < -0.39 is 0 Å². The largest absolute Gasteiger partial charge is 0.455 e. The SMILES string of the molecule is CC(C)n1c(SCc2ccccc2Oc2cccnc2)nnc1N(C)C. The van der Waals surface area contributed by atoms with Crippen LogP contribution in [0.5, 0.6) is 11.5 Å². The van der Waals surface area contributed by atoms with Crippen LogP contribution in [0.25, 0.3) is 0 Å². The minimum absolute atomic E-state index is 0.284. The van der Waals surface area contributed by atoms with Crippen LogP contribution in [0.2, 0.25) is 0 Å². The van der Waals surface area contributed by atoms with Crippen LogP contribution >= 0.6 is 11.8 Å². The van der Waals surface area contributed by atoms with Crippen molar-refractivity contribution < 1.29 is 4.74 Å². The van der Waals surface area contributed by atoms with Gasteiger partial charge < -0.3 is 9.64 Å². The highest BCUT2D eigenvalue weighted by Crippen LogP contribution is 2.32. The van der Waals surface area contributed by atoms with Gasteiger partial charge in [0.1, 0.15) is 11.5 Å². The first kappa shape index (κ1) is 18.3. The molecule has 26 heavy (non-hydrogen) atoms. The van der Waals surface area contributed by atoms with E-state index in [2.05, 4.69) is 39.7 Å². The molecular formula is C19H23N5OS. The molecule has 0 saturated carbocycles. The van der Waals surface area contributed by atoms with E-state index in [-0.39, 0.29) is 6.04 Å². The van der Waals surface area contributed by atoms with Crippen molar-refractivity contribution in [1.29, 1.82) is 0 Å². The second-order valence-corrected chi connectivity index (χ2v) is 7.27. The highest BCUT2D eigenvalue weighted by atomic mass is 32.2.